The highest BCUT2D eigenvalue weighted by Gasteiger charge is 2.14. The lowest BCUT2D eigenvalue weighted by atomic mass is 10.1. The van der Waals surface area contributed by atoms with Gasteiger partial charge >= 0.3 is 0 Å². The number of rotatable bonds is 6. The third-order valence-corrected chi connectivity index (χ3v) is 4.87. The molecule has 3 rings (SSSR count). The Labute approximate surface area is 155 Å². The van der Waals surface area contributed by atoms with Crippen molar-refractivity contribution >= 4 is 5.82 Å². The first-order valence-electron chi connectivity index (χ1n) is 9.08. The van der Waals surface area contributed by atoms with E-state index in [1.165, 1.54) is 16.8 Å². The van der Waals surface area contributed by atoms with E-state index in [1.807, 2.05) is 25.1 Å². The van der Waals surface area contributed by atoms with E-state index in [9.17, 15) is 0 Å². The maximum absolute atomic E-state index is 4.65. The van der Waals surface area contributed by atoms with Crippen LogP contribution < -0.4 is 5.32 Å². The molecule has 1 atom stereocenters. The number of benzene rings is 1. The van der Waals surface area contributed by atoms with Gasteiger partial charge in [0.25, 0.3) is 0 Å². The van der Waals surface area contributed by atoms with Crippen LogP contribution in [0.4, 0.5) is 5.82 Å². The number of anilines is 1. The van der Waals surface area contributed by atoms with Gasteiger partial charge in [-0.1, -0.05) is 37.3 Å². The minimum atomic E-state index is 0.256. The first-order valence-corrected chi connectivity index (χ1v) is 9.08. The fraction of sp³-hybridized carbons (Fsp3) is 0.381. The van der Waals surface area contributed by atoms with Crippen molar-refractivity contribution in [2.75, 3.05) is 5.32 Å². The van der Waals surface area contributed by atoms with Crippen LogP contribution in [0.25, 0.3) is 0 Å². The summed E-state index contributed by atoms with van der Waals surface area (Å²) >= 11 is 0. The minimum absolute atomic E-state index is 0.256. The molecule has 0 spiro atoms. The zero-order valence-corrected chi connectivity index (χ0v) is 16.2. The van der Waals surface area contributed by atoms with Crippen LogP contribution in [0.2, 0.25) is 0 Å². The molecule has 0 saturated heterocycles. The predicted octanol–water partition coefficient (Wildman–Crippen LogP) is 4.32. The van der Waals surface area contributed by atoms with Crippen LogP contribution in [0.15, 0.2) is 36.4 Å². The van der Waals surface area contributed by atoms with Crippen LogP contribution in [-0.4, -0.2) is 19.7 Å². The molecule has 5 heteroatoms. The fourth-order valence-electron chi connectivity index (χ4n) is 3.04. The summed E-state index contributed by atoms with van der Waals surface area (Å²) in [5.41, 5.74) is 5.86. The first-order chi connectivity index (χ1) is 12.4. The standard InChI is InChI=1S/C21H27N5/c1-14(13-26-17(4)15(2)16(3)25-26)20-11-21(24-18(5)23-20)22-12-19-9-7-6-8-10-19/h6-11,14H,12-13H2,1-5H3,(H,22,23,24)/t14-/m1/s1. The Hall–Kier alpha value is -2.69. The Balaban J connectivity index is 1.74. The minimum Gasteiger partial charge on any atom is -0.366 e. The Kier molecular flexibility index (Phi) is 5.35. The largest absolute Gasteiger partial charge is 0.366 e. The van der Waals surface area contributed by atoms with Crippen LogP contribution in [-0.2, 0) is 13.1 Å². The third kappa shape index (κ3) is 4.10. The second kappa shape index (κ2) is 7.68. The molecule has 0 aliphatic heterocycles. The summed E-state index contributed by atoms with van der Waals surface area (Å²) in [5, 5.41) is 8.07. The topological polar surface area (TPSA) is 55.6 Å². The molecule has 1 aromatic carbocycles. The molecule has 0 aliphatic carbocycles. The van der Waals surface area contributed by atoms with E-state index in [2.05, 4.69) is 71.0 Å². The third-order valence-electron chi connectivity index (χ3n) is 4.87. The van der Waals surface area contributed by atoms with Gasteiger partial charge < -0.3 is 5.32 Å². The first kappa shape index (κ1) is 18.1. The molecular formula is C21H27N5. The van der Waals surface area contributed by atoms with Gasteiger partial charge in [-0.25, -0.2) is 9.97 Å². The highest BCUT2D eigenvalue weighted by atomic mass is 15.3. The van der Waals surface area contributed by atoms with Gasteiger partial charge in [0.2, 0.25) is 0 Å². The molecule has 0 aliphatic rings. The van der Waals surface area contributed by atoms with Crippen molar-refractivity contribution in [1.82, 2.24) is 19.7 Å². The van der Waals surface area contributed by atoms with E-state index in [1.54, 1.807) is 0 Å². The van der Waals surface area contributed by atoms with Gasteiger partial charge in [-0.2, -0.15) is 5.10 Å². The molecular weight excluding hydrogens is 322 g/mol. The van der Waals surface area contributed by atoms with Crippen molar-refractivity contribution in [3.05, 3.63) is 70.4 Å². The van der Waals surface area contributed by atoms with Crippen LogP contribution in [0.3, 0.4) is 0 Å². The highest BCUT2D eigenvalue weighted by molar-refractivity contribution is 5.38. The van der Waals surface area contributed by atoms with Gasteiger partial charge in [0, 0.05) is 30.8 Å². The van der Waals surface area contributed by atoms with E-state index in [0.717, 1.165) is 36.1 Å². The molecule has 2 aromatic heterocycles. The maximum atomic E-state index is 4.65. The number of hydrogen-bond acceptors (Lipinski definition) is 4. The number of aromatic nitrogens is 4. The Morgan fingerprint density at radius 3 is 2.42 bits per heavy atom. The molecule has 1 N–H and O–H groups in total. The summed E-state index contributed by atoms with van der Waals surface area (Å²) in [6.45, 7) is 12.0. The lowest BCUT2D eigenvalue weighted by molar-refractivity contribution is 0.519. The van der Waals surface area contributed by atoms with Gasteiger partial charge in [-0.15, -0.1) is 0 Å². The van der Waals surface area contributed by atoms with E-state index < -0.39 is 0 Å². The zero-order chi connectivity index (χ0) is 18.7. The summed E-state index contributed by atoms with van der Waals surface area (Å²) in [5.74, 6) is 1.91. The normalized spacial score (nSPS) is 12.2. The molecule has 2 heterocycles. The summed E-state index contributed by atoms with van der Waals surface area (Å²) in [7, 11) is 0. The van der Waals surface area contributed by atoms with Crippen LogP contribution in [0.5, 0.6) is 0 Å². The van der Waals surface area contributed by atoms with Crippen molar-refractivity contribution < 1.29 is 0 Å². The number of nitrogens with zero attached hydrogens (tertiary/aromatic N) is 4. The molecule has 0 unspecified atom stereocenters. The van der Waals surface area contributed by atoms with Crippen molar-refractivity contribution in [3.63, 3.8) is 0 Å². The SMILES string of the molecule is Cc1nc(NCc2ccccc2)cc([C@H](C)Cn2nc(C)c(C)c2C)n1. The lowest BCUT2D eigenvalue weighted by Crippen LogP contribution is -2.12. The second-order valence-electron chi connectivity index (χ2n) is 6.94. The van der Waals surface area contributed by atoms with Crippen molar-refractivity contribution in [2.45, 2.75) is 53.6 Å². The molecule has 0 saturated carbocycles. The van der Waals surface area contributed by atoms with E-state index in [0.29, 0.717) is 0 Å². The molecule has 0 bridgehead atoms. The second-order valence-corrected chi connectivity index (χ2v) is 6.94. The van der Waals surface area contributed by atoms with Crippen LogP contribution in [0.1, 0.15) is 46.9 Å². The maximum Gasteiger partial charge on any atom is 0.130 e. The Morgan fingerprint density at radius 1 is 1.04 bits per heavy atom. The van der Waals surface area contributed by atoms with Crippen LogP contribution in [0, 0.1) is 27.7 Å². The summed E-state index contributed by atoms with van der Waals surface area (Å²) in [6, 6.07) is 12.4. The molecule has 0 radical (unpaired) electrons. The Morgan fingerprint density at radius 2 is 1.77 bits per heavy atom. The van der Waals surface area contributed by atoms with E-state index in [4.69, 9.17) is 0 Å². The molecule has 26 heavy (non-hydrogen) atoms. The van der Waals surface area contributed by atoms with Gasteiger partial charge in [0.1, 0.15) is 11.6 Å². The van der Waals surface area contributed by atoms with Gasteiger partial charge in [-0.05, 0) is 38.8 Å². The smallest absolute Gasteiger partial charge is 0.130 e. The highest BCUT2D eigenvalue weighted by Crippen LogP contribution is 2.21. The average Bonchev–Trinajstić information content (AvgIpc) is 2.87. The average molecular weight is 349 g/mol. The van der Waals surface area contributed by atoms with E-state index >= 15 is 0 Å². The molecule has 136 valence electrons. The number of nitrogens with one attached hydrogen (secondary N) is 1. The van der Waals surface area contributed by atoms with Gasteiger partial charge in [-0.3, -0.25) is 4.68 Å². The van der Waals surface area contributed by atoms with E-state index in [-0.39, 0.29) is 5.92 Å². The van der Waals surface area contributed by atoms with Crippen molar-refractivity contribution in [2.24, 2.45) is 0 Å². The molecule has 5 nitrogen and oxygen atoms in total. The molecule has 3 aromatic rings. The zero-order valence-electron chi connectivity index (χ0n) is 16.2. The fourth-order valence-corrected chi connectivity index (χ4v) is 3.04. The number of aryl methyl sites for hydroxylation is 2. The van der Waals surface area contributed by atoms with Crippen molar-refractivity contribution in [1.29, 1.82) is 0 Å². The quantitative estimate of drug-likeness (QED) is 0.720. The van der Waals surface area contributed by atoms with Crippen LogP contribution >= 0.6 is 0 Å². The summed E-state index contributed by atoms with van der Waals surface area (Å²) in [4.78, 5) is 9.18. The number of hydrogen-bond donors (Lipinski definition) is 1. The predicted molar refractivity (Wildman–Crippen MR) is 105 cm³/mol. The van der Waals surface area contributed by atoms with Gasteiger partial charge in [0.05, 0.1) is 11.4 Å². The van der Waals surface area contributed by atoms with Crippen molar-refractivity contribution in [3.8, 4) is 0 Å². The summed E-state index contributed by atoms with van der Waals surface area (Å²) in [6.07, 6.45) is 0. The monoisotopic (exact) mass is 349 g/mol. The lowest BCUT2D eigenvalue weighted by Gasteiger charge is -2.15. The molecule has 0 fully saturated rings. The Bertz CT molecular complexity index is 883. The molecule has 0 amide bonds. The summed E-state index contributed by atoms with van der Waals surface area (Å²) < 4.78 is 2.09. The van der Waals surface area contributed by atoms with Gasteiger partial charge in [0.15, 0.2) is 0 Å².